The maximum atomic E-state index is 12.4. The Bertz CT molecular complexity index is 947. The van der Waals surface area contributed by atoms with Gasteiger partial charge in [-0.1, -0.05) is 0 Å². The second kappa shape index (κ2) is 6.23. The van der Waals surface area contributed by atoms with Gasteiger partial charge in [-0.05, 0) is 12.1 Å². The summed E-state index contributed by atoms with van der Waals surface area (Å²) < 4.78 is 74.1. The third-order valence-electron chi connectivity index (χ3n) is 3.50. The first kappa shape index (κ1) is 17.5. The molecular weight excluding hydrogens is 367 g/mol. The van der Waals surface area contributed by atoms with E-state index in [1.165, 1.54) is 6.07 Å². The van der Waals surface area contributed by atoms with Gasteiger partial charge in [0, 0.05) is 25.2 Å². The van der Waals surface area contributed by atoms with Crippen LogP contribution in [0.25, 0.3) is 11.0 Å². The van der Waals surface area contributed by atoms with Gasteiger partial charge in [-0.15, -0.1) is 0 Å². The van der Waals surface area contributed by atoms with E-state index in [1.54, 1.807) is 4.90 Å². The van der Waals surface area contributed by atoms with Crippen molar-refractivity contribution < 1.29 is 34.9 Å². The summed E-state index contributed by atoms with van der Waals surface area (Å²) >= 11 is 0. The summed E-state index contributed by atoms with van der Waals surface area (Å²) in [5.41, 5.74) is -6.05. The highest BCUT2D eigenvalue weighted by molar-refractivity contribution is 7.88. The van der Waals surface area contributed by atoms with Crippen molar-refractivity contribution in [3.05, 3.63) is 34.5 Å². The van der Waals surface area contributed by atoms with Crippen LogP contribution < -0.4 is 14.5 Å². The Balaban J connectivity index is 2.00. The van der Waals surface area contributed by atoms with Gasteiger partial charge >= 0.3 is 15.6 Å². The second-order valence-corrected chi connectivity index (χ2v) is 6.73. The molecule has 0 spiro atoms. The van der Waals surface area contributed by atoms with Crippen molar-refractivity contribution in [2.75, 3.05) is 31.2 Å². The van der Waals surface area contributed by atoms with Crippen LogP contribution in [0, 0.1) is 0 Å². The molecule has 0 saturated carbocycles. The van der Waals surface area contributed by atoms with Gasteiger partial charge in [-0.25, -0.2) is 0 Å². The molecule has 0 bridgehead atoms. The molecule has 0 N–H and O–H groups in total. The molecule has 3 rings (SSSR count). The molecule has 1 fully saturated rings. The van der Waals surface area contributed by atoms with Gasteiger partial charge in [0.25, 0.3) is 0 Å². The van der Waals surface area contributed by atoms with E-state index in [0.29, 0.717) is 26.3 Å². The zero-order chi connectivity index (χ0) is 18.2. The Kier molecular flexibility index (Phi) is 4.37. The molecule has 1 aromatic carbocycles. The Morgan fingerprint density at radius 2 is 1.80 bits per heavy atom. The summed E-state index contributed by atoms with van der Waals surface area (Å²) in [6.45, 7) is 1.84. The SMILES string of the molecule is O=c1cc(N2CCOCC2)oc2cc(OS(=O)(=O)C(F)(F)F)ccc12. The van der Waals surface area contributed by atoms with Crippen LogP contribution in [0.3, 0.4) is 0 Å². The maximum absolute atomic E-state index is 12.4. The van der Waals surface area contributed by atoms with Gasteiger partial charge in [0.2, 0.25) is 0 Å². The van der Waals surface area contributed by atoms with Crippen LogP contribution in [-0.2, 0) is 14.9 Å². The van der Waals surface area contributed by atoms with Crippen LogP contribution in [0.2, 0.25) is 0 Å². The highest BCUT2D eigenvalue weighted by Gasteiger charge is 2.48. The van der Waals surface area contributed by atoms with E-state index in [4.69, 9.17) is 9.15 Å². The fourth-order valence-corrected chi connectivity index (χ4v) is 2.74. The average Bonchev–Trinajstić information content (AvgIpc) is 2.54. The molecule has 25 heavy (non-hydrogen) atoms. The quantitative estimate of drug-likeness (QED) is 0.594. The van der Waals surface area contributed by atoms with E-state index in [0.717, 1.165) is 18.2 Å². The van der Waals surface area contributed by atoms with Crippen LogP contribution in [0.15, 0.2) is 33.5 Å². The Morgan fingerprint density at radius 3 is 2.44 bits per heavy atom. The zero-order valence-corrected chi connectivity index (χ0v) is 13.4. The predicted molar refractivity (Wildman–Crippen MR) is 81.1 cm³/mol. The molecule has 2 aromatic rings. The largest absolute Gasteiger partial charge is 0.534 e. The summed E-state index contributed by atoms with van der Waals surface area (Å²) in [4.78, 5) is 13.9. The summed E-state index contributed by atoms with van der Waals surface area (Å²) in [6.07, 6.45) is 0. The summed E-state index contributed by atoms with van der Waals surface area (Å²) in [5.74, 6) is -0.385. The minimum Gasteiger partial charge on any atom is -0.440 e. The number of hydrogen-bond donors (Lipinski definition) is 0. The van der Waals surface area contributed by atoms with E-state index in [1.807, 2.05) is 0 Å². The average molecular weight is 379 g/mol. The highest BCUT2D eigenvalue weighted by Crippen LogP contribution is 2.29. The molecule has 1 aliphatic heterocycles. The minimum atomic E-state index is -5.81. The summed E-state index contributed by atoms with van der Waals surface area (Å²) in [5, 5.41) is 0.0915. The number of ether oxygens (including phenoxy) is 1. The first-order valence-corrected chi connectivity index (χ1v) is 8.49. The molecule has 2 heterocycles. The number of rotatable bonds is 3. The van der Waals surface area contributed by atoms with Crippen molar-refractivity contribution in [2.45, 2.75) is 5.51 Å². The molecule has 1 aliphatic rings. The molecule has 0 radical (unpaired) electrons. The van der Waals surface area contributed by atoms with Crippen molar-refractivity contribution in [2.24, 2.45) is 0 Å². The Hall–Kier alpha value is -2.27. The highest BCUT2D eigenvalue weighted by atomic mass is 32.2. The first-order chi connectivity index (χ1) is 11.7. The van der Waals surface area contributed by atoms with Crippen molar-refractivity contribution >= 4 is 27.0 Å². The van der Waals surface area contributed by atoms with E-state index in [9.17, 15) is 26.4 Å². The van der Waals surface area contributed by atoms with Crippen LogP contribution in [-0.4, -0.2) is 40.2 Å². The second-order valence-electron chi connectivity index (χ2n) is 5.19. The zero-order valence-electron chi connectivity index (χ0n) is 12.6. The van der Waals surface area contributed by atoms with Crippen molar-refractivity contribution in [3.8, 4) is 5.75 Å². The lowest BCUT2D eigenvalue weighted by molar-refractivity contribution is -0.0500. The van der Waals surface area contributed by atoms with Gasteiger partial charge < -0.3 is 18.2 Å². The molecule has 11 heteroatoms. The Morgan fingerprint density at radius 1 is 1.12 bits per heavy atom. The number of fused-ring (bicyclic) bond motifs is 1. The lowest BCUT2D eigenvalue weighted by Gasteiger charge is -2.27. The smallest absolute Gasteiger partial charge is 0.440 e. The fraction of sp³-hybridized carbons (Fsp3) is 0.357. The molecule has 136 valence electrons. The standard InChI is InChI=1S/C14H12F3NO6S/c15-14(16,17)25(20,21)24-9-1-2-10-11(19)8-13(23-12(10)7-9)18-3-5-22-6-4-18/h1-2,7-8H,3-6H2. The van der Waals surface area contributed by atoms with Crippen LogP contribution in [0.1, 0.15) is 0 Å². The Labute approximate surface area is 139 Å². The number of nitrogens with zero attached hydrogens (tertiary/aromatic N) is 1. The summed E-state index contributed by atoms with van der Waals surface area (Å²) in [7, 11) is -5.81. The number of hydrogen-bond acceptors (Lipinski definition) is 7. The van der Waals surface area contributed by atoms with E-state index in [2.05, 4.69) is 4.18 Å². The van der Waals surface area contributed by atoms with Gasteiger partial charge in [0.15, 0.2) is 11.3 Å². The van der Waals surface area contributed by atoms with Gasteiger partial charge in [-0.2, -0.15) is 21.6 Å². The lowest BCUT2D eigenvalue weighted by Crippen LogP contribution is -2.36. The fourth-order valence-electron chi connectivity index (χ4n) is 2.29. The summed E-state index contributed by atoms with van der Waals surface area (Å²) in [6, 6.07) is 4.30. The number of benzene rings is 1. The van der Waals surface area contributed by atoms with Crippen LogP contribution >= 0.6 is 0 Å². The molecule has 1 saturated heterocycles. The third kappa shape index (κ3) is 3.56. The number of morpholine rings is 1. The molecule has 0 unspecified atom stereocenters. The molecule has 1 aromatic heterocycles. The monoisotopic (exact) mass is 379 g/mol. The van der Waals surface area contributed by atoms with Crippen molar-refractivity contribution in [1.82, 2.24) is 0 Å². The molecule has 7 nitrogen and oxygen atoms in total. The minimum absolute atomic E-state index is 0.0798. The van der Waals surface area contributed by atoms with Gasteiger partial charge in [0.05, 0.1) is 18.6 Å². The van der Waals surface area contributed by atoms with Crippen LogP contribution in [0.4, 0.5) is 19.1 Å². The molecular formula is C14H12F3NO6S. The number of halogens is 3. The van der Waals surface area contributed by atoms with Crippen molar-refractivity contribution in [1.29, 1.82) is 0 Å². The lowest BCUT2D eigenvalue weighted by atomic mass is 10.2. The molecule has 0 amide bonds. The van der Waals surface area contributed by atoms with E-state index >= 15 is 0 Å². The van der Waals surface area contributed by atoms with E-state index in [-0.39, 0.29) is 16.9 Å². The molecule has 0 atom stereocenters. The normalized spacial score (nSPS) is 16.2. The molecule has 0 aliphatic carbocycles. The number of alkyl halides is 3. The van der Waals surface area contributed by atoms with Gasteiger partial charge in [0.1, 0.15) is 11.3 Å². The first-order valence-electron chi connectivity index (χ1n) is 7.09. The van der Waals surface area contributed by atoms with Gasteiger partial charge in [-0.3, -0.25) is 4.79 Å². The number of anilines is 1. The maximum Gasteiger partial charge on any atom is 0.534 e. The third-order valence-corrected chi connectivity index (χ3v) is 4.48. The van der Waals surface area contributed by atoms with Crippen LogP contribution in [0.5, 0.6) is 5.75 Å². The van der Waals surface area contributed by atoms with Crippen molar-refractivity contribution in [3.63, 3.8) is 0 Å². The van der Waals surface area contributed by atoms with E-state index < -0.39 is 26.8 Å². The predicted octanol–water partition coefficient (Wildman–Crippen LogP) is 1.86. The topological polar surface area (TPSA) is 86.1 Å².